The Morgan fingerprint density at radius 2 is 2.21 bits per heavy atom. The standard InChI is InChI=1S/C14H18ClN3O/c1-10-9-19-11(2)5-17(10)7-13-8-18-6-12(15)3-4-14(18)16-13/h3-4,6,8,10-11H,5,7,9H2,1-2H3/t10-,11-/m1/s1. The molecule has 3 heterocycles. The molecule has 1 fully saturated rings. The molecule has 0 saturated carbocycles. The van der Waals surface area contributed by atoms with Crippen LogP contribution in [0.4, 0.5) is 0 Å². The van der Waals surface area contributed by atoms with Crippen LogP contribution in [-0.4, -0.2) is 39.6 Å². The summed E-state index contributed by atoms with van der Waals surface area (Å²) in [6, 6.07) is 4.24. The van der Waals surface area contributed by atoms with Crippen molar-refractivity contribution in [1.29, 1.82) is 0 Å². The summed E-state index contributed by atoms with van der Waals surface area (Å²) in [5.41, 5.74) is 2.01. The van der Waals surface area contributed by atoms with Gasteiger partial charge in [-0.25, -0.2) is 4.98 Å². The Bertz CT molecular complexity index is 583. The molecular formula is C14H18ClN3O. The van der Waals surface area contributed by atoms with Crippen LogP contribution in [-0.2, 0) is 11.3 Å². The van der Waals surface area contributed by atoms with Crippen molar-refractivity contribution in [2.75, 3.05) is 13.2 Å². The second-order valence-electron chi connectivity index (χ2n) is 5.27. The molecule has 2 atom stereocenters. The molecule has 0 N–H and O–H groups in total. The number of aromatic nitrogens is 2. The molecule has 0 aliphatic carbocycles. The minimum atomic E-state index is 0.294. The van der Waals surface area contributed by atoms with Gasteiger partial charge in [0.1, 0.15) is 5.65 Å². The molecule has 0 radical (unpaired) electrons. The smallest absolute Gasteiger partial charge is 0.137 e. The van der Waals surface area contributed by atoms with Gasteiger partial charge in [0.2, 0.25) is 0 Å². The number of imidazole rings is 1. The predicted molar refractivity (Wildman–Crippen MR) is 75.5 cm³/mol. The van der Waals surface area contributed by atoms with Gasteiger partial charge in [-0.2, -0.15) is 0 Å². The fourth-order valence-electron chi connectivity index (χ4n) is 2.49. The number of pyridine rings is 1. The minimum Gasteiger partial charge on any atom is -0.376 e. The second kappa shape index (κ2) is 5.12. The maximum absolute atomic E-state index is 5.99. The number of ether oxygens (including phenoxy) is 1. The highest BCUT2D eigenvalue weighted by Gasteiger charge is 2.23. The topological polar surface area (TPSA) is 29.8 Å². The third-order valence-electron chi connectivity index (χ3n) is 3.57. The molecule has 1 saturated heterocycles. The summed E-state index contributed by atoms with van der Waals surface area (Å²) >= 11 is 5.99. The van der Waals surface area contributed by atoms with Crippen LogP contribution >= 0.6 is 11.6 Å². The Morgan fingerprint density at radius 1 is 1.37 bits per heavy atom. The van der Waals surface area contributed by atoms with E-state index in [1.165, 1.54) is 0 Å². The van der Waals surface area contributed by atoms with E-state index in [1.807, 2.05) is 28.9 Å². The zero-order valence-corrected chi connectivity index (χ0v) is 12.0. The first-order valence-electron chi connectivity index (χ1n) is 6.60. The molecule has 0 unspecified atom stereocenters. The lowest BCUT2D eigenvalue weighted by molar-refractivity contribution is -0.0530. The largest absolute Gasteiger partial charge is 0.376 e. The number of hydrogen-bond acceptors (Lipinski definition) is 3. The Morgan fingerprint density at radius 3 is 3.05 bits per heavy atom. The van der Waals surface area contributed by atoms with Crippen molar-refractivity contribution in [3.8, 4) is 0 Å². The van der Waals surface area contributed by atoms with Gasteiger partial charge in [-0.05, 0) is 26.0 Å². The van der Waals surface area contributed by atoms with Crippen molar-refractivity contribution < 1.29 is 4.74 Å². The van der Waals surface area contributed by atoms with Crippen LogP contribution in [0, 0.1) is 0 Å². The maximum atomic E-state index is 5.99. The van der Waals surface area contributed by atoms with Gasteiger partial charge >= 0.3 is 0 Å². The van der Waals surface area contributed by atoms with E-state index >= 15 is 0 Å². The van der Waals surface area contributed by atoms with E-state index in [2.05, 4.69) is 23.7 Å². The van der Waals surface area contributed by atoms with Gasteiger partial charge in [-0.1, -0.05) is 11.6 Å². The molecule has 1 aliphatic heterocycles. The van der Waals surface area contributed by atoms with Crippen LogP contribution in [0.3, 0.4) is 0 Å². The van der Waals surface area contributed by atoms with Crippen LogP contribution in [0.1, 0.15) is 19.5 Å². The molecule has 0 bridgehead atoms. The van der Waals surface area contributed by atoms with Crippen LogP contribution < -0.4 is 0 Å². The van der Waals surface area contributed by atoms with Crippen molar-refractivity contribution in [2.24, 2.45) is 0 Å². The van der Waals surface area contributed by atoms with E-state index < -0.39 is 0 Å². The number of halogens is 1. The highest BCUT2D eigenvalue weighted by Crippen LogP contribution is 2.17. The van der Waals surface area contributed by atoms with Crippen molar-refractivity contribution >= 4 is 17.2 Å². The molecule has 2 aromatic rings. The number of fused-ring (bicyclic) bond motifs is 1. The average Bonchev–Trinajstić information content (AvgIpc) is 2.75. The summed E-state index contributed by atoms with van der Waals surface area (Å²) in [5.74, 6) is 0. The highest BCUT2D eigenvalue weighted by atomic mass is 35.5. The summed E-state index contributed by atoms with van der Waals surface area (Å²) in [6.07, 6.45) is 4.23. The van der Waals surface area contributed by atoms with Crippen molar-refractivity contribution in [2.45, 2.75) is 32.5 Å². The Labute approximate surface area is 117 Å². The molecule has 102 valence electrons. The van der Waals surface area contributed by atoms with Gasteiger partial charge in [-0.3, -0.25) is 4.90 Å². The van der Waals surface area contributed by atoms with E-state index in [4.69, 9.17) is 16.3 Å². The fraction of sp³-hybridized carbons (Fsp3) is 0.500. The monoisotopic (exact) mass is 279 g/mol. The summed E-state index contributed by atoms with van der Waals surface area (Å²) < 4.78 is 7.63. The van der Waals surface area contributed by atoms with Crippen molar-refractivity contribution in [3.63, 3.8) is 0 Å². The first-order chi connectivity index (χ1) is 9.11. The molecule has 5 heteroatoms. The molecule has 0 aromatic carbocycles. The van der Waals surface area contributed by atoms with Gasteiger partial charge in [0.05, 0.1) is 23.4 Å². The lowest BCUT2D eigenvalue weighted by atomic mass is 10.2. The fourth-order valence-corrected chi connectivity index (χ4v) is 2.66. The molecule has 4 nitrogen and oxygen atoms in total. The van der Waals surface area contributed by atoms with E-state index in [-0.39, 0.29) is 0 Å². The Kier molecular flexibility index (Phi) is 3.48. The number of morpholine rings is 1. The number of rotatable bonds is 2. The first-order valence-corrected chi connectivity index (χ1v) is 6.98. The molecular weight excluding hydrogens is 262 g/mol. The lowest BCUT2D eigenvalue weighted by Gasteiger charge is -2.36. The van der Waals surface area contributed by atoms with E-state index in [0.29, 0.717) is 12.1 Å². The molecule has 0 spiro atoms. The first kappa shape index (κ1) is 12.9. The van der Waals surface area contributed by atoms with Crippen LogP contribution in [0.25, 0.3) is 5.65 Å². The van der Waals surface area contributed by atoms with Gasteiger partial charge in [0.25, 0.3) is 0 Å². The average molecular weight is 280 g/mol. The van der Waals surface area contributed by atoms with Crippen molar-refractivity contribution in [3.05, 3.63) is 35.2 Å². The van der Waals surface area contributed by atoms with Crippen molar-refractivity contribution in [1.82, 2.24) is 14.3 Å². The van der Waals surface area contributed by atoms with Gasteiger partial charge in [-0.15, -0.1) is 0 Å². The number of nitrogens with zero attached hydrogens (tertiary/aromatic N) is 3. The van der Waals surface area contributed by atoms with Crippen LogP contribution in [0.2, 0.25) is 5.02 Å². The van der Waals surface area contributed by atoms with Gasteiger partial charge in [0.15, 0.2) is 0 Å². The van der Waals surface area contributed by atoms with E-state index in [9.17, 15) is 0 Å². The second-order valence-corrected chi connectivity index (χ2v) is 5.70. The van der Waals surface area contributed by atoms with Crippen LogP contribution in [0.15, 0.2) is 24.5 Å². The maximum Gasteiger partial charge on any atom is 0.137 e. The predicted octanol–water partition coefficient (Wildman–Crippen LogP) is 2.60. The molecule has 1 aliphatic rings. The highest BCUT2D eigenvalue weighted by molar-refractivity contribution is 6.30. The zero-order valence-electron chi connectivity index (χ0n) is 11.2. The van der Waals surface area contributed by atoms with Gasteiger partial charge < -0.3 is 9.14 Å². The third-order valence-corrected chi connectivity index (χ3v) is 3.79. The third kappa shape index (κ3) is 2.76. The summed E-state index contributed by atoms with van der Waals surface area (Å²) in [7, 11) is 0. The number of hydrogen-bond donors (Lipinski definition) is 0. The quantitative estimate of drug-likeness (QED) is 0.846. The van der Waals surface area contributed by atoms with Gasteiger partial charge in [0, 0.05) is 31.5 Å². The Hall–Kier alpha value is -1.10. The normalized spacial score (nSPS) is 25.0. The summed E-state index contributed by atoms with van der Waals surface area (Å²) in [5, 5.41) is 0.727. The minimum absolute atomic E-state index is 0.294. The molecule has 3 rings (SSSR count). The summed E-state index contributed by atoms with van der Waals surface area (Å²) in [6.45, 7) is 6.91. The van der Waals surface area contributed by atoms with Crippen LogP contribution in [0.5, 0.6) is 0 Å². The zero-order chi connectivity index (χ0) is 13.4. The molecule has 19 heavy (non-hydrogen) atoms. The summed E-state index contributed by atoms with van der Waals surface area (Å²) in [4.78, 5) is 7.04. The SMILES string of the molecule is C[C@@H]1CN(Cc2cn3cc(Cl)ccc3n2)[C@H](C)CO1. The molecule has 2 aromatic heterocycles. The Balaban J connectivity index is 1.80. The molecule has 0 amide bonds. The van der Waals surface area contributed by atoms with E-state index in [0.717, 1.165) is 36.1 Å². The lowest BCUT2D eigenvalue weighted by Crippen LogP contribution is -2.46. The van der Waals surface area contributed by atoms with E-state index in [1.54, 1.807) is 0 Å².